The Morgan fingerprint density at radius 3 is 3.13 bits per heavy atom. The first-order valence-corrected chi connectivity index (χ1v) is 5.19. The molecule has 0 atom stereocenters. The van der Waals surface area contributed by atoms with Gasteiger partial charge in [-0.2, -0.15) is 17.7 Å². The van der Waals surface area contributed by atoms with E-state index in [0.717, 1.165) is 10.9 Å². The van der Waals surface area contributed by atoms with E-state index in [-0.39, 0.29) is 5.56 Å². The first-order chi connectivity index (χ1) is 7.31. The van der Waals surface area contributed by atoms with Gasteiger partial charge < -0.3 is 0 Å². The number of hydrogen-bond donors (Lipinski definition) is 2. The maximum absolute atomic E-state index is 11.4. The third-order valence-electron chi connectivity index (χ3n) is 2.11. The van der Waals surface area contributed by atoms with Crippen molar-refractivity contribution in [3.05, 3.63) is 46.4 Å². The Hall–Kier alpha value is -1.55. The second-order valence-electron chi connectivity index (χ2n) is 3.13. The van der Waals surface area contributed by atoms with E-state index in [4.69, 9.17) is 0 Å². The molecule has 0 unspecified atom stereocenters. The fraction of sp³-hybridized carbons (Fsp3) is 0.0909. The first-order valence-electron chi connectivity index (χ1n) is 4.56. The predicted molar refractivity (Wildman–Crippen MR) is 65.3 cm³/mol. The minimum absolute atomic E-state index is 0.155. The van der Waals surface area contributed by atoms with Gasteiger partial charge in [0.05, 0.1) is 11.6 Å². The second-order valence-corrected chi connectivity index (χ2v) is 3.50. The molecule has 1 heterocycles. The molecule has 0 bridgehead atoms. The van der Waals surface area contributed by atoms with E-state index in [1.807, 2.05) is 24.3 Å². The molecule has 0 amide bonds. The first kappa shape index (κ1) is 9.98. The third kappa shape index (κ3) is 2.10. The minimum Gasteiger partial charge on any atom is -0.267 e. The van der Waals surface area contributed by atoms with Gasteiger partial charge in [-0.05, 0) is 17.7 Å². The highest BCUT2D eigenvalue weighted by atomic mass is 32.1. The summed E-state index contributed by atoms with van der Waals surface area (Å²) in [6.07, 6.45) is 5.56. The highest BCUT2D eigenvalue weighted by molar-refractivity contribution is 7.80. The molecule has 1 aromatic carbocycles. The molecule has 0 radical (unpaired) electrons. The molecule has 1 N–H and O–H groups in total. The summed E-state index contributed by atoms with van der Waals surface area (Å²) in [5, 5.41) is 7.67. The number of nitrogens with one attached hydrogen (secondary N) is 1. The van der Waals surface area contributed by atoms with Crippen molar-refractivity contribution in [1.29, 1.82) is 0 Å². The van der Waals surface area contributed by atoms with E-state index >= 15 is 0 Å². The van der Waals surface area contributed by atoms with Crippen LogP contribution in [0.4, 0.5) is 0 Å². The van der Waals surface area contributed by atoms with E-state index < -0.39 is 0 Å². The molecular formula is C11H10N2OS. The highest BCUT2D eigenvalue weighted by Crippen LogP contribution is 2.12. The Labute approximate surface area is 92.2 Å². The largest absolute Gasteiger partial charge is 0.272 e. The lowest BCUT2D eigenvalue weighted by molar-refractivity contribution is 1.01. The van der Waals surface area contributed by atoms with Crippen molar-refractivity contribution < 1.29 is 0 Å². The Morgan fingerprint density at radius 2 is 2.33 bits per heavy atom. The maximum Gasteiger partial charge on any atom is 0.272 e. The van der Waals surface area contributed by atoms with Crippen LogP contribution >= 0.6 is 12.6 Å². The normalized spacial score (nSPS) is 11.3. The van der Waals surface area contributed by atoms with Crippen molar-refractivity contribution in [1.82, 2.24) is 10.2 Å². The Balaban J connectivity index is 2.57. The number of aromatic nitrogens is 2. The number of thiol groups is 1. The van der Waals surface area contributed by atoms with E-state index in [2.05, 4.69) is 22.8 Å². The lowest BCUT2D eigenvalue weighted by Gasteiger charge is -1.97. The Bertz CT molecular complexity index is 560. The van der Waals surface area contributed by atoms with Crippen LogP contribution in [0.15, 0.2) is 35.3 Å². The highest BCUT2D eigenvalue weighted by Gasteiger charge is 1.97. The van der Waals surface area contributed by atoms with Crippen LogP contribution in [-0.2, 0) is 0 Å². The van der Waals surface area contributed by atoms with Gasteiger partial charge in [0.25, 0.3) is 5.56 Å². The molecule has 0 spiro atoms. The van der Waals surface area contributed by atoms with Gasteiger partial charge in [0.15, 0.2) is 0 Å². The zero-order chi connectivity index (χ0) is 10.7. The molecule has 1 aromatic heterocycles. The SMILES string of the molecule is O=c1[nH]ncc2cc(C=CCS)ccc12. The van der Waals surface area contributed by atoms with Crippen LogP contribution in [0.2, 0.25) is 0 Å². The van der Waals surface area contributed by atoms with Gasteiger partial charge in [0.2, 0.25) is 0 Å². The smallest absolute Gasteiger partial charge is 0.267 e. The van der Waals surface area contributed by atoms with E-state index in [9.17, 15) is 4.79 Å². The van der Waals surface area contributed by atoms with Gasteiger partial charge in [-0.15, -0.1) is 0 Å². The van der Waals surface area contributed by atoms with Gasteiger partial charge in [0.1, 0.15) is 0 Å². The molecular weight excluding hydrogens is 208 g/mol. The Kier molecular flexibility index (Phi) is 2.87. The minimum atomic E-state index is -0.155. The van der Waals surface area contributed by atoms with Gasteiger partial charge in [-0.25, -0.2) is 5.10 Å². The molecule has 0 saturated carbocycles. The predicted octanol–water partition coefficient (Wildman–Crippen LogP) is 1.87. The molecule has 3 nitrogen and oxygen atoms in total. The van der Waals surface area contributed by atoms with Crippen LogP contribution in [0.3, 0.4) is 0 Å². The van der Waals surface area contributed by atoms with Crippen molar-refractivity contribution in [2.45, 2.75) is 0 Å². The summed E-state index contributed by atoms with van der Waals surface area (Å²) in [7, 11) is 0. The lowest BCUT2D eigenvalue weighted by Crippen LogP contribution is -2.06. The summed E-state index contributed by atoms with van der Waals surface area (Å²) in [6, 6.07) is 5.63. The van der Waals surface area contributed by atoms with Crippen molar-refractivity contribution in [3.63, 3.8) is 0 Å². The average molecular weight is 218 g/mol. The number of rotatable bonds is 2. The number of fused-ring (bicyclic) bond motifs is 1. The fourth-order valence-corrected chi connectivity index (χ4v) is 1.51. The molecule has 0 aliphatic heterocycles. The van der Waals surface area contributed by atoms with Crippen LogP contribution in [0.25, 0.3) is 16.8 Å². The molecule has 0 aliphatic carbocycles. The standard InChI is InChI=1S/C11H10N2OS/c14-11-10-4-3-8(2-1-5-15)6-9(10)7-12-13-11/h1-4,6-7,15H,5H2,(H,13,14). The quantitative estimate of drug-likeness (QED) is 0.756. The third-order valence-corrected chi connectivity index (χ3v) is 2.32. The summed E-state index contributed by atoms with van der Waals surface area (Å²) >= 11 is 4.09. The molecule has 15 heavy (non-hydrogen) atoms. The molecule has 0 fully saturated rings. The Morgan fingerprint density at radius 1 is 1.47 bits per heavy atom. The number of hydrogen-bond acceptors (Lipinski definition) is 3. The number of aromatic amines is 1. The number of nitrogens with zero attached hydrogens (tertiary/aromatic N) is 1. The van der Waals surface area contributed by atoms with Crippen LogP contribution in [0.1, 0.15) is 5.56 Å². The van der Waals surface area contributed by atoms with Crippen molar-refractivity contribution in [3.8, 4) is 0 Å². The van der Waals surface area contributed by atoms with Crippen LogP contribution in [-0.4, -0.2) is 16.0 Å². The molecule has 2 aromatic rings. The lowest BCUT2D eigenvalue weighted by atomic mass is 10.1. The zero-order valence-corrected chi connectivity index (χ0v) is 8.87. The molecule has 4 heteroatoms. The van der Waals surface area contributed by atoms with Crippen molar-refractivity contribution in [2.24, 2.45) is 0 Å². The molecule has 2 rings (SSSR count). The molecule has 0 aliphatic rings. The van der Waals surface area contributed by atoms with Crippen molar-refractivity contribution >= 4 is 29.5 Å². The van der Waals surface area contributed by atoms with Crippen molar-refractivity contribution in [2.75, 3.05) is 5.75 Å². The van der Waals surface area contributed by atoms with Gasteiger partial charge in [0, 0.05) is 11.1 Å². The van der Waals surface area contributed by atoms with Gasteiger partial charge >= 0.3 is 0 Å². The summed E-state index contributed by atoms with van der Waals surface area (Å²) in [4.78, 5) is 11.4. The van der Waals surface area contributed by atoms with E-state index in [1.54, 1.807) is 12.3 Å². The van der Waals surface area contributed by atoms with E-state index in [1.165, 1.54) is 0 Å². The topological polar surface area (TPSA) is 45.8 Å². The summed E-state index contributed by atoms with van der Waals surface area (Å²) < 4.78 is 0. The van der Waals surface area contributed by atoms with E-state index in [0.29, 0.717) is 11.1 Å². The molecule has 0 saturated heterocycles. The van der Waals surface area contributed by atoms with Crippen LogP contribution in [0, 0.1) is 0 Å². The average Bonchev–Trinajstić information content (AvgIpc) is 2.26. The fourth-order valence-electron chi connectivity index (χ4n) is 1.41. The summed E-state index contributed by atoms with van der Waals surface area (Å²) in [5.41, 5.74) is 0.890. The number of H-pyrrole nitrogens is 1. The molecule has 76 valence electrons. The summed E-state index contributed by atoms with van der Waals surface area (Å²) in [6.45, 7) is 0. The van der Waals surface area contributed by atoms with Gasteiger partial charge in [-0.3, -0.25) is 4.79 Å². The number of benzene rings is 1. The second kappa shape index (κ2) is 4.31. The monoisotopic (exact) mass is 218 g/mol. The van der Waals surface area contributed by atoms with Crippen LogP contribution < -0.4 is 5.56 Å². The van der Waals surface area contributed by atoms with Crippen LogP contribution in [0.5, 0.6) is 0 Å². The zero-order valence-electron chi connectivity index (χ0n) is 7.97. The maximum atomic E-state index is 11.4. The summed E-state index contributed by atoms with van der Waals surface area (Å²) in [5.74, 6) is 0.700. The van der Waals surface area contributed by atoms with Gasteiger partial charge in [-0.1, -0.05) is 18.2 Å².